The number of carboxylic acids is 1. The average molecular weight is 423 g/mol. The lowest BCUT2D eigenvalue weighted by Crippen LogP contribution is -2.30. The van der Waals surface area contributed by atoms with Gasteiger partial charge in [0.25, 0.3) is 5.56 Å². The molecule has 0 radical (unpaired) electrons. The van der Waals surface area contributed by atoms with Gasteiger partial charge < -0.3 is 24.9 Å². The third-order valence-corrected chi connectivity index (χ3v) is 6.27. The second kappa shape index (κ2) is 8.88. The summed E-state index contributed by atoms with van der Waals surface area (Å²) >= 11 is 0. The smallest absolute Gasteiger partial charge is 0.308 e. The van der Waals surface area contributed by atoms with Gasteiger partial charge in [-0.1, -0.05) is 6.92 Å². The van der Waals surface area contributed by atoms with Crippen LogP contribution < -0.4 is 15.8 Å². The topological polar surface area (TPSA) is 90.4 Å². The molecule has 2 aromatic heterocycles. The van der Waals surface area contributed by atoms with E-state index in [0.717, 1.165) is 41.0 Å². The fourth-order valence-electron chi connectivity index (χ4n) is 4.40. The molecule has 3 heterocycles. The zero-order valence-corrected chi connectivity index (χ0v) is 18.1. The molecule has 31 heavy (non-hydrogen) atoms. The van der Waals surface area contributed by atoms with Crippen molar-refractivity contribution in [2.75, 3.05) is 29.9 Å². The zero-order valence-electron chi connectivity index (χ0n) is 18.1. The number of aromatic amines is 1. The van der Waals surface area contributed by atoms with Crippen molar-refractivity contribution < 1.29 is 9.90 Å². The van der Waals surface area contributed by atoms with Crippen LogP contribution >= 0.6 is 0 Å². The summed E-state index contributed by atoms with van der Waals surface area (Å²) in [6, 6.07) is 8.18. The summed E-state index contributed by atoms with van der Waals surface area (Å²) in [6.45, 7) is 4.29. The van der Waals surface area contributed by atoms with Gasteiger partial charge in [0.05, 0.1) is 5.92 Å². The highest BCUT2D eigenvalue weighted by atomic mass is 16.4. The number of aromatic nitrogens is 2. The molecule has 0 amide bonds. The van der Waals surface area contributed by atoms with Gasteiger partial charge >= 0.3 is 5.97 Å². The molecule has 4 rings (SSSR count). The highest BCUT2D eigenvalue weighted by Gasteiger charge is 2.20. The van der Waals surface area contributed by atoms with Crippen molar-refractivity contribution in [2.24, 2.45) is 13.0 Å². The van der Waals surface area contributed by atoms with Gasteiger partial charge in [-0.25, -0.2) is 0 Å². The number of H-pyrrole nitrogens is 1. The van der Waals surface area contributed by atoms with Crippen LogP contribution in [-0.2, 0) is 11.8 Å². The second-order valence-corrected chi connectivity index (χ2v) is 8.33. The Morgan fingerprint density at radius 2 is 1.97 bits per heavy atom. The van der Waals surface area contributed by atoms with Gasteiger partial charge in [0.15, 0.2) is 0 Å². The molecule has 3 aromatic rings. The number of aliphatic carboxylic acids is 1. The lowest BCUT2D eigenvalue weighted by atomic mass is 9.98. The number of nitrogens with one attached hydrogen (secondary N) is 2. The van der Waals surface area contributed by atoms with Gasteiger partial charge in [-0.3, -0.25) is 9.59 Å². The number of pyridine rings is 1. The van der Waals surface area contributed by atoms with Crippen LogP contribution in [0, 0.1) is 5.92 Å². The number of carboxylic acid groups (broad SMARTS) is 1. The number of fused-ring (bicyclic) bond motifs is 1. The molecule has 1 fully saturated rings. The molecule has 1 aromatic carbocycles. The van der Waals surface area contributed by atoms with Crippen molar-refractivity contribution >= 4 is 28.2 Å². The van der Waals surface area contributed by atoms with Gasteiger partial charge in [0.2, 0.25) is 0 Å². The predicted octanol–water partition coefficient (Wildman–Crippen LogP) is 4.05. The Bertz CT molecular complexity index is 1140. The molecular formula is C24H30N4O3. The van der Waals surface area contributed by atoms with Crippen LogP contribution in [0.2, 0.25) is 0 Å². The number of aryl methyl sites for hydroxylation is 1. The summed E-state index contributed by atoms with van der Waals surface area (Å²) < 4.78 is 1.62. The molecule has 1 atom stereocenters. The SMILES string of the molecule is CCC(CNc1ccc(N2CCCCC2)c(-c2cn(C)c(=O)c3[nH]ccc23)c1)C(=O)O. The monoisotopic (exact) mass is 422 g/mol. The molecule has 0 spiro atoms. The standard InChI is InChI=1S/C24H30N4O3/c1-3-16(24(30)31)14-26-17-7-8-21(28-11-5-4-6-12-28)19(13-17)20-15-27(2)23(29)22-18(20)9-10-25-22/h7-10,13,15-16,25-26H,3-6,11-12,14H2,1-2H3,(H,30,31). The number of nitrogens with zero attached hydrogens (tertiary/aromatic N) is 2. The number of anilines is 2. The largest absolute Gasteiger partial charge is 0.481 e. The summed E-state index contributed by atoms with van der Waals surface area (Å²) in [5.74, 6) is -1.22. The van der Waals surface area contributed by atoms with Crippen molar-refractivity contribution in [1.82, 2.24) is 9.55 Å². The summed E-state index contributed by atoms with van der Waals surface area (Å²) in [6.07, 6.45) is 7.87. The minimum atomic E-state index is -0.785. The molecule has 1 unspecified atom stereocenters. The Morgan fingerprint density at radius 1 is 1.19 bits per heavy atom. The van der Waals surface area contributed by atoms with E-state index in [0.29, 0.717) is 18.5 Å². The van der Waals surface area contributed by atoms with E-state index in [1.54, 1.807) is 17.8 Å². The third-order valence-electron chi connectivity index (χ3n) is 6.27. The minimum Gasteiger partial charge on any atom is -0.481 e. The van der Waals surface area contributed by atoms with E-state index < -0.39 is 11.9 Å². The Hall–Kier alpha value is -3.22. The van der Waals surface area contributed by atoms with Gasteiger partial charge in [0, 0.05) is 67.0 Å². The second-order valence-electron chi connectivity index (χ2n) is 8.33. The van der Waals surface area contributed by atoms with Crippen LogP contribution in [0.25, 0.3) is 22.0 Å². The lowest BCUT2D eigenvalue weighted by molar-refractivity contribution is -0.141. The number of piperidine rings is 1. The normalized spacial score (nSPS) is 15.2. The maximum atomic E-state index is 12.6. The van der Waals surface area contributed by atoms with Crippen molar-refractivity contribution in [3.8, 4) is 11.1 Å². The quantitative estimate of drug-likeness (QED) is 0.534. The third kappa shape index (κ3) is 4.17. The van der Waals surface area contributed by atoms with Crippen molar-refractivity contribution in [3.05, 3.63) is 47.0 Å². The van der Waals surface area contributed by atoms with Crippen LogP contribution in [0.5, 0.6) is 0 Å². The van der Waals surface area contributed by atoms with E-state index in [4.69, 9.17) is 0 Å². The summed E-state index contributed by atoms with van der Waals surface area (Å²) in [7, 11) is 1.77. The van der Waals surface area contributed by atoms with Gasteiger partial charge in [-0.05, 0) is 49.9 Å². The number of hydrogen-bond donors (Lipinski definition) is 3. The van der Waals surface area contributed by atoms with E-state index in [2.05, 4.69) is 27.3 Å². The maximum absolute atomic E-state index is 12.6. The molecule has 1 aliphatic heterocycles. The Labute approximate surface area is 181 Å². The number of carbonyl (C=O) groups is 1. The zero-order chi connectivity index (χ0) is 22.0. The van der Waals surface area contributed by atoms with Crippen LogP contribution in [-0.4, -0.2) is 40.3 Å². The van der Waals surface area contributed by atoms with E-state index >= 15 is 0 Å². The van der Waals surface area contributed by atoms with Gasteiger partial charge in [-0.15, -0.1) is 0 Å². The molecule has 3 N–H and O–H groups in total. The van der Waals surface area contributed by atoms with E-state index in [1.807, 2.05) is 25.3 Å². The number of rotatable bonds is 7. The summed E-state index contributed by atoms with van der Waals surface area (Å²) in [5.41, 5.74) is 4.62. The first-order valence-corrected chi connectivity index (χ1v) is 11.0. The first kappa shape index (κ1) is 21.0. The fraction of sp³-hybridized carbons (Fsp3) is 0.417. The predicted molar refractivity (Wildman–Crippen MR) is 125 cm³/mol. The van der Waals surface area contributed by atoms with E-state index in [1.165, 1.54) is 19.3 Å². The first-order chi connectivity index (χ1) is 15.0. The van der Waals surface area contributed by atoms with Crippen LogP contribution in [0.15, 0.2) is 41.5 Å². The van der Waals surface area contributed by atoms with E-state index in [9.17, 15) is 14.7 Å². The molecule has 0 aliphatic carbocycles. The highest BCUT2D eigenvalue weighted by Crippen LogP contribution is 2.37. The molecule has 7 heteroatoms. The van der Waals surface area contributed by atoms with Crippen LogP contribution in [0.3, 0.4) is 0 Å². The molecule has 7 nitrogen and oxygen atoms in total. The highest BCUT2D eigenvalue weighted by molar-refractivity contribution is 5.98. The molecule has 164 valence electrons. The Morgan fingerprint density at radius 3 is 2.68 bits per heavy atom. The Balaban J connectivity index is 1.80. The lowest BCUT2D eigenvalue weighted by Gasteiger charge is -2.31. The van der Waals surface area contributed by atoms with Crippen molar-refractivity contribution in [1.29, 1.82) is 0 Å². The van der Waals surface area contributed by atoms with Gasteiger partial charge in [0.1, 0.15) is 5.52 Å². The van der Waals surface area contributed by atoms with Gasteiger partial charge in [-0.2, -0.15) is 0 Å². The maximum Gasteiger partial charge on any atom is 0.308 e. The van der Waals surface area contributed by atoms with Crippen molar-refractivity contribution in [3.63, 3.8) is 0 Å². The Kier molecular flexibility index (Phi) is 6.02. The first-order valence-electron chi connectivity index (χ1n) is 11.0. The molecule has 1 saturated heterocycles. The van der Waals surface area contributed by atoms with Crippen molar-refractivity contribution in [2.45, 2.75) is 32.6 Å². The number of benzene rings is 1. The summed E-state index contributed by atoms with van der Waals surface area (Å²) in [5, 5.41) is 13.6. The average Bonchev–Trinajstić information content (AvgIpc) is 3.27. The van der Waals surface area contributed by atoms with E-state index in [-0.39, 0.29) is 5.56 Å². The molecular weight excluding hydrogens is 392 g/mol. The molecule has 1 aliphatic rings. The fourth-order valence-corrected chi connectivity index (χ4v) is 4.40. The van der Waals surface area contributed by atoms with Crippen LogP contribution in [0.4, 0.5) is 11.4 Å². The summed E-state index contributed by atoms with van der Waals surface area (Å²) in [4.78, 5) is 29.5. The molecule has 0 bridgehead atoms. The van der Waals surface area contributed by atoms with Crippen LogP contribution in [0.1, 0.15) is 32.6 Å². The number of hydrogen-bond acceptors (Lipinski definition) is 4. The molecule has 0 saturated carbocycles. The minimum absolute atomic E-state index is 0.0511.